The van der Waals surface area contributed by atoms with E-state index in [1.807, 2.05) is 36.4 Å². The minimum atomic E-state index is -0.286. The number of oxazole rings is 2. The molecule has 0 amide bonds. The molecular formula is C46H38N6O4. The van der Waals surface area contributed by atoms with E-state index in [-0.39, 0.29) is 10.8 Å². The molecule has 0 bridgehead atoms. The van der Waals surface area contributed by atoms with Crippen LogP contribution in [0.2, 0.25) is 0 Å². The van der Waals surface area contributed by atoms with Crippen molar-refractivity contribution < 1.29 is 18.3 Å². The number of allylic oxidation sites excluding steroid dienone is 2. The first-order valence-electron chi connectivity index (χ1n) is 18.3. The van der Waals surface area contributed by atoms with Crippen LogP contribution in [-0.4, -0.2) is 44.6 Å². The highest BCUT2D eigenvalue weighted by Crippen LogP contribution is 2.45. The molecule has 2 N–H and O–H groups in total. The fourth-order valence-electron chi connectivity index (χ4n) is 7.95. The number of methoxy groups -OCH3 is 2. The zero-order valence-corrected chi connectivity index (χ0v) is 30.8. The second-order valence-electron chi connectivity index (χ2n) is 13.8. The standard InChI is InChI=1S/2C23H19N3O2/c1-27-18-9-7-17(8-10-18)23(16-5-3-2-4-6-16)12-11-19-20(13-23)25-26-22(19)21-14-28-15-24-21;1-27-18-9-7-17(8-10-18)23(16-5-3-2-4-6-16)12-11-19-20(13-23)25-26-22(19)21-14-24-15-28-21/h2*2-12,14-15H,13H2,1H3,(H,25,26). The lowest BCUT2D eigenvalue weighted by Gasteiger charge is -2.34. The lowest BCUT2D eigenvalue weighted by atomic mass is 9.68. The van der Waals surface area contributed by atoms with Crippen LogP contribution in [-0.2, 0) is 23.7 Å². The van der Waals surface area contributed by atoms with Crippen molar-refractivity contribution in [2.24, 2.45) is 0 Å². The summed E-state index contributed by atoms with van der Waals surface area (Å²) < 4.78 is 21.3. The van der Waals surface area contributed by atoms with Crippen LogP contribution < -0.4 is 9.47 Å². The zero-order chi connectivity index (χ0) is 38.0. The molecule has 2 aliphatic rings. The van der Waals surface area contributed by atoms with Gasteiger partial charge < -0.3 is 18.3 Å². The van der Waals surface area contributed by atoms with Gasteiger partial charge in [0.2, 0.25) is 0 Å². The van der Waals surface area contributed by atoms with E-state index in [0.29, 0.717) is 5.76 Å². The Kier molecular flexibility index (Phi) is 8.99. The number of rotatable bonds is 8. The van der Waals surface area contributed by atoms with Crippen molar-refractivity contribution in [3.63, 3.8) is 0 Å². The van der Waals surface area contributed by atoms with E-state index < -0.39 is 0 Å². The summed E-state index contributed by atoms with van der Waals surface area (Å²) in [4.78, 5) is 8.25. The molecule has 56 heavy (non-hydrogen) atoms. The third kappa shape index (κ3) is 6.11. The van der Waals surface area contributed by atoms with Gasteiger partial charge in [0, 0.05) is 46.2 Å². The fraction of sp³-hybridized carbons (Fsp3) is 0.130. The maximum Gasteiger partial charge on any atom is 0.181 e. The number of aromatic nitrogens is 6. The van der Waals surface area contributed by atoms with Crippen LogP contribution in [0.25, 0.3) is 35.0 Å². The molecule has 0 spiro atoms. The molecule has 10 rings (SSSR count). The Balaban J connectivity index is 0.000000146. The summed E-state index contributed by atoms with van der Waals surface area (Å²) in [5.74, 6) is 2.36. The van der Waals surface area contributed by atoms with Gasteiger partial charge in [0.1, 0.15) is 34.8 Å². The number of aromatic amines is 2. The molecule has 0 saturated heterocycles. The van der Waals surface area contributed by atoms with E-state index >= 15 is 0 Å². The smallest absolute Gasteiger partial charge is 0.181 e. The van der Waals surface area contributed by atoms with Crippen molar-refractivity contribution in [3.8, 4) is 34.3 Å². The van der Waals surface area contributed by atoms with Crippen LogP contribution in [0, 0.1) is 0 Å². The first-order chi connectivity index (χ1) is 27.6. The molecule has 4 aromatic heterocycles. The van der Waals surface area contributed by atoms with Crippen molar-refractivity contribution in [1.82, 2.24) is 30.4 Å². The molecule has 0 saturated carbocycles. The van der Waals surface area contributed by atoms with Gasteiger partial charge in [0.25, 0.3) is 0 Å². The maximum atomic E-state index is 5.45. The van der Waals surface area contributed by atoms with Crippen molar-refractivity contribution >= 4 is 12.2 Å². The van der Waals surface area contributed by atoms with Crippen LogP contribution in [0.4, 0.5) is 0 Å². The number of nitrogens with zero attached hydrogens (tertiary/aromatic N) is 4. The Morgan fingerprint density at radius 2 is 1.09 bits per heavy atom. The van der Waals surface area contributed by atoms with Crippen molar-refractivity contribution in [3.05, 3.63) is 191 Å². The van der Waals surface area contributed by atoms with Crippen molar-refractivity contribution in [2.45, 2.75) is 23.7 Å². The van der Waals surface area contributed by atoms with Gasteiger partial charge in [0.15, 0.2) is 18.5 Å². The van der Waals surface area contributed by atoms with Gasteiger partial charge in [-0.15, -0.1) is 0 Å². The van der Waals surface area contributed by atoms with E-state index in [1.54, 1.807) is 26.7 Å². The summed E-state index contributed by atoms with van der Waals surface area (Å²) in [5, 5.41) is 15.4. The van der Waals surface area contributed by atoms with Gasteiger partial charge in [-0.2, -0.15) is 10.2 Å². The Bertz CT molecular complexity index is 2410. The molecule has 2 unspecified atom stereocenters. The van der Waals surface area contributed by atoms with Gasteiger partial charge >= 0.3 is 0 Å². The predicted octanol–water partition coefficient (Wildman–Crippen LogP) is 9.26. The van der Waals surface area contributed by atoms with E-state index in [4.69, 9.17) is 18.3 Å². The summed E-state index contributed by atoms with van der Waals surface area (Å²) in [7, 11) is 3.37. The monoisotopic (exact) mass is 738 g/mol. The molecule has 4 heterocycles. The summed E-state index contributed by atoms with van der Waals surface area (Å²) in [6, 6.07) is 37.7. The molecule has 10 heteroatoms. The van der Waals surface area contributed by atoms with Crippen molar-refractivity contribution in [1.29, 1.82) is 0 Å². The summed E-state index contributed by atoms with van der Waals surface area (Å²) in [6.07, 6.45) is 16.5. The molecule has 276 valence electrons. The number of hydrogen-bond donors (Lipinski definition) is 2. The Morgan fingerprint density at radius 3 is 1.55 bits per heavy atom. The second kappa shape index (κ2) is 14.6. The summed E-state index contributed by atoms with van der Waals surface area (Å²) >= 11 is 0. The Morgan fingerprint density at radius 1 is 0.589 bits per heavy atom. The van der Waals surface area contributed by atoms with E-state index in [0.717, 1.165) is 63.9 Å². The zero-order valence-electron chi connectivity index (χ0n) is 30.8. The summed E-state index contributed by atoms with van der Waals surface area (Å²) in [5.41, 5.74) is 10.9. The minimum absolute atomic E-state index is 0.284. The number of H-pyrrole nitrogens is 2. The first-order valence-corrected chi connectivity index (χ1v) is 18.3. The van der Waals surface area contributed by atoms with Crippen LogP contribution in [0.3, 0.4) is 0 Å². The maximum absolute atomic E-state index is 5.45. The second-order valence-corrected chi connectivity index (χ2v) is 13.8. The molecule has 4 aromatic carbocycles. The van der Waals surface area contributed by atoms with Crippen molar-refractivity contribution in [2.75, 3.05) is 14.2 Å². The number of nitrogens with one attached hydrogen (secondary N) is 2. The van der Waals surface area contributed by atoms with E-state index in [1.165, 1.54) is 35.0 Å². The molecule has 2 atom stereocenters. The van der Waals surface area contributed by atoms with Crippen LogP contribution >= 0.6 is 0 Å². The Labute approximate surface area is 323 Å². The number of benzene rings is 4. The fourth-order valence-corrected chi connectivity index (χ4v) is 7.95. The number of ether oxygens (including phenoxy) is 2. The predicted molar refractivity (Wildman–Crippen MR) is 214 cm³/mol. The van der Waals surface area contributed by atoms with Gasteiger partial charge in [-0.3, -0.25) is 10.2 Å². The Hall–Kier alpha value is -7.20. The quantitative estimate of drug-likeness (QED) is 0.158. The van der Waals surface area contributed by atoms with Gasteiger partial charge in [0.05, 0.1) is 20.4 Å². The van der Waals surface area contributed by atoms with Crippen LogP contribution in [0.15, 0.2) is 155 Å². The molecular weight excluding hydrogens is 701 g/mol. The SMILES string of the molecule is COc1ccc(C2(c3ccccc3)C=Cc3c(-c4cnco4)n[nH]c3C2)cc1.COc1ccc(C2(c3ccccc3)C=Cc3c(-c4cocn4)n[nH]c3C2)cc1. The average molecular weight is 739 g/mol. The molecule has 2 aliphatic carbocycles. The largest absolute Gasteiger partial charge is 0.497 e. The molecule has 8 aromatic rings. The molecule has 0 radical (unpaired) electrons. The molecule has 0 aliphatic heterocycles. The summed E-state index contributed by atoms with van der Waals surface area (Å²) in [6.45, 7) is 0. The van der Waals surface area contributed by atoms with Crippen LogP contribution in [0.5, 0.6) is 11.5 Å². The third-order valence-electron chi connectivity index (χ3n) is 10.9. The third-order valence-corrected chi connectivity index (χ3v) is 10.9. The van der Waals surface area contributed by atoms with E-state index in [9.17, 15) is 0 Å². The normalized spacial score (nSPS) is 18.0. The first kappa shape index (κ1) is 34.6. The minimum Gasteiger partial charge on any atom is -0.497 e. The lowest BCUT2D eigenvalue weighted by Crippen LogP contribution is -2.30. The molecule has 0 fully saturated rings. The highest BCUT2D eigenvalue weighted by atomic mass is 16.5. The van der Waals surface area contributed by atoms with Gasteiger partial charge in [-0.1, -0.05) is 109 Å². The molecule has 10 nitrogen and oxygen atoms in total. The highest BCUT2D eigenvalue weighted by molar-refractivity contribution is 5.75. The number of fused-ring (bicyclic) bond motifs is 2. The average Bonchev–Trinajstić information content (AvgIpc) is 4.12. The highest BCUT2D eigenvalue weighted by Gasteiger charge is 2.38. The topological polar surface area (TPSA) is 128 Å². The van der Waals surface area contributed by atoms with Gasteiger partial charge in [-0.05, 0) is 46.5 Å². The van der Waals surface area contributed by atoms with E-state index in [2.05, 4.69) is 127 Å². The van der Waals surface area contributed by atoms with Gasteiger partial charge in [-0.25, -0.2) is 9.97 Å². The number of hydrogen-bond acceptors (Lipinski definition) is 8. The van der Waals surface area contributed by atoms with Crippen LogP contribution in [0.1, 0.15) is 44.8 Å². The lowest BCUT2D eigenvalue weighted by molar-refractivity contribution is 0.414.